The van der Waals surface area contributed by atoms with E-state index in [2.05, 4.69) is 4.98 Å². The minimum Gasteiger partial charge on any atom is -0.394 e. The standard InChI is InChI=1S/C9H11ClN2O4/c10-6-3-12(9(15)11-8(6)14)7-2-1-5(4-13)16-7/h3,5,7,13H,1-2,4H2,(H,11,14,15)/t5-,7-/m1/s1. The van der Waals surface area contributed by atoms with Crippen LogP contribution < -0.4 is 11.2 Å². The van der Waals surface area contributed by atoms with E-state index in [1.54, 1.807) is 0 Å². The van der Waals surface area contributed by atoms with E-state index in [1.165, 1.54) is 10.8 Å². The van der Waals surface area contributed by atoms with E-state index in [1.807, 2.05) is 0 Å². The number of ether oxygens (including phenoxy) is 1. The van der Waals surface area contributed by atoms with Crippen molar-refractivity contribution in [1.82, 2.24) is 9.55 Å². The van der Waals surface area contributed by atoms with E-state index in [9.17, 15) is 9.59 Å². The van der Waals surface area contributed by atoms with E-state index in [0.29, 0.717) is 12.8 Å². The fourth-order valence-corrected chi connectivity index (χ4v) is 1.85. The van der Waals surface area contributed by atoms with Crippen molar-refractivity contribution in [2.45, 2.75) is 25.2 Å². The third kappa shape index (κ3) is 2.04. The molecular weight excluding hydrogens is 236 g/mol. The lowest BCUT2D eigenvalue weighted by Gasteiger charge is -2.14. The number of aromatic nitrogens is 2. The monoisotopic (exact) mass is 246 g/mol. The normalized spacial score (nSPS) is 24.9. The maximum Gasteiger partial charge on any atom is 0.330 e. The highest BCUT2D eigenvalue weighted by atomic mass is 35.5. The van der Waals surface area contributed by atoms with Gasteiger partial charge in [0.05, 0.1) is 12.7 Å². The van der Waals surface area contributed by atoms with Gasteiger partial charge in [0.1, 0.15) is 11.3 Å². The number of nitrogens with one attached hydrogen (secondary N) is 1. The number of aliphatic hydroxyl groups is 1. The van der Waals surface area contributed by atoms with E-state index in [4.69, 9.17) is 21.4 Å². The molecular formula is C9H11ClN2O4. The first-order valence-corrected chi connectivity index (χ1v) is 5.27. The summed E-state index contributed by atoms with van der Waals surface area (Å²) in [4.78, 5) is 24.6. The number of rotatable bonds is 2. The first-order chi connectivity index (χ1) is 7.61. The zero-order valence-electron chi connectivity index (χ0n) is 8.35. The summed E-state index contributed by atoms with van der Waals surface area (Å²) in [7, 11) is 0. The molecule has 6 nitrogen and oxygen atoms in total. The van der Waals surface area contributed by atoms with Gasteiger partial charge in [-0.2, -0.15) is 0 Å². The van der Waals surface area contributed by atoms with Gasteiger partial charge in [-0.15, -0.1) is 0 Å². The molecule has 0 unspecified atom stereocenters. The van der Waals surface area contributed by atoms with E-state index in [0.717, 1.165) is 0 Å². The quantitative estimate of drug-likeness (QED) is 0.761. The van der Waals surface area contributed by atoms with Crippen LogP contribution in [0.2, 0.25) is 5.02 Å². The van der Waals surface area contributed by atoms with Crippen LogP contribution in [-0.2, 0) is 4.74 Å². The fourth-order valence-electron chi connectivity index (χ4n) is 1.70. The van der Waals surface area contributed by atoms with E-state index >= 15 is 0 Å². The fraction of sp³-hybridized carbons (Fsp3) is 0.556. The second kappa shape index (κ2) is 4.40. The summed E-state index contributed by atoms with van der Waals surface area (Å²) in [6.45, 7) is -0.0810. The number of aromatic amines is 1. The zero-order valence-corrected chi connectivity index (χ0v) is 9.11. The number of nitrogens with zero attached hydrogens (tertiary/aromatic N) is 1. The summed E-state index contributed by atoms with van der Waals surface area (Å²) in [5, 5.41) is 8.84. The predicted octanol–water partition coefficient (Wildman–Crippen LogP) is -0.140. The molecule has 1 aromatic rings. The number of aliphatic hydroxyl groups excluding tert-OH is 1. The van der Waals surface area contributed by atoms with E-state index in [-0.39, 0.29) is 17.7 Å². The van der Waals surface area contributed by atoms with Gasteiger partial charge in [0.15, 0.2) is 0 Å². The molecule has 0 spiro atoms. The molecule has 1 aromatic heterocycles. The largest absolute Gasteiger partial charge is 0.394 e. The molecule has 1 aliphatic heterocycles. The third-order valence-corrected chi connectivity index (χ3v) is 2.79. The Labute approximate surface area is 95.4 Å². The van der Waals surface area contributed by atoms with Crippen molar-refractivity contribution < 1.29 is 9.84 Å². The average molecular weight is 247 g/mol. The lowest BCUT2D eigenvalue weighted by atomic mass is 10.2. The highest BCUT2D eigenvalue weighted by Crippen LogP contribution is 2.26. The van der Waals surface area contributed by atoms with Crippen molar-refractivity contribution in [3.8, 4) is 0 Å². The maximum atomic E-state index is 11.5. The van der Waals surface area contributed by atoms with Crippen LogP contribution in [0, 0.1) is 0 Å². The lowest BCUT2D eigenvalue weighted by Crippen LogP contribution is -2.32. The Morgan fingerprint density at radius 2 is 2.31 bits per heavy atom. The molecule has 0 bridgehead atoms. The van der Waals surface area contributed by atoms with Gasteiger partial charge in [-0.1, -0.05) is 11.6 Å². The van der Waals surface area contributed by atoms with E-state index < -0.39 is 17.5 Å². The van der Waals surface area contributed by atoms with Gasteiger partial charge in [-0.25, -0.2) is 4.79 Å². The Morgan fingerprint density at radius 1 is 1.56 bits per heavy atom. The zero-order chi connectivity index (χ0) is 11.7. The molecule has 0 aromatic carbocycles. The molecule has 88 valence electrons. The lowest BCUT2D eigenvalue weighted by molar-refractivity contribution is -0.0246. The summed E-state index contributed by atoms with van der Waals surface area (Å²) in [5.74, 6) is 0. The summed E-state index contributed by atoms with van der Waals surface area (Å²) in [6, 6.07) is 0. The minimum absolute atomic E-state index is 0.0596. The van der Waals surface area contributed by atoms with Gasteiger partial charge >= 0.3 is 5.69 Å². The highest BCUT2D eigenvalue weighted by Gasteiger charge is 2.26. The highest BCUT2D eigenvalue weighted by molar-refractivity contribution is 6.30. The molecule has 2 atom stereocenters. The number of hydrogen-bond donors (Lipinski definition) is 2. The van der Waals surface area contributed by atoms with Gasteiger partial charge in [0.25, 0.3) is 5.56 Å². The van der Waals surface area contributed by atoms with Gasteiger partial charge < -0.3 is 9.84 Å². The Morgan fingerprint density at radius 3 is 2.94 bits per heavy atom. The minimum atomic E-state index is -0.611. The molecule has 1 saturated heterocycles. The van der Waals surface area contributed by atoms with Crippen molar-refractivity contribution in [2.75, 3.05) is 6.61 Å². The summed E-state index contributed by atoms with van der Waals surface area (Å²) >= 11 is 5.63. The van der Waals surface area contributed by atoms with Crippen molar-refractivity contribution in [2.24, 2.45) is 0 Å². The predicted molar refractivity (Wildman–Crippen MR) is 56.6 cm³/mol. The van der Waals surface area contributed by atoms with Crippen LogP contribution in [0.3, 0.4) is 0 Å². The van der Waals surface area contributed by atoms with Gasteiger partial charge in [-0.3, -0.25) is 14.3 Å². The van der Waals surface area contributed by atoms with Crippen LogP contribution in [0.4, 0.5) is 0 Å². The molecule has 2 heterocycles. The van der Waals surface area contributed by atoms with Crippen molar-refractivity contribution in [1.29, 1.82) is 0 Å². The van der Waals surface area contributed by atoms with Crippen LogP contribution in [0.5, 0.6) is 0 Å². The smallest absolute Gasteiger partial charge is 0.330 e. The van der Waals surface area contributed by atoms with Crippen LogP contribution in [0.1, 0.15) is 19.1 Å². The first-order valence-electron chi connectivity index (χ1n) is 4.89. The molecule has 0 aliphatic carbocycles. The Kier molecular flexibility index (Phi) is 3.13. The third-order valence-electron chi connectivity index (χ3n) is 2.52. The van der Waals surface area contributed by atoms with Gasteiger partial charge in [0.2, 0.25) is 0 Å². The summed E-state index contributed by atoms with van der Waals surface area (Å²) in [6.07, 6.45) is 1.80. The van der Waals surface area contributed by atoms with Crippen LogP contribution in [-0.4, -0.2) is 27.4 Å². The molecule has 1 fully saturated rings. The second-order valence-corrected chi connectivity index (χ2v) is 4.02. The SMILES string of the molecule is O=c1[nH]c(=O)n([C@H]2CC[C@H](CO)O2)cc1Cl. The Hall–Kier alpha value is -1.11. The van der Waals surface area contributed by atoms with Crippen LogP contribution >= 0.6 is 11.6 Å². The van der Waals surface area contributed by atoms with Crippen LogP contribution in [0.25, 0.3) is 0 Å². The van der Waals surface area contributed by atoms with Gasteiger partial charge in [0, 0.05) is 6.20 Å². The Balaban J connectivity index is 2.32. The first kappa shape index (κ1) is 11.4. The molecule has 7 heteroatoms. The Bertz CT molecular complexity index is 495. The molecule has 2 N–H and O–H groups in total. The van der Waals surface area contributed by atoms with Gasteiger partial charge in [-0.05, 0) is 12.8 Å². The van der Waals surface area contributed by atoms with Crippen molar-refractivity contribution in [3.05, 3.63) is 32.1 Å². The molecule has 2 rings (SSSR count). The number of halogens is 1. The topological polar surface area (TPSA) is 84.3 Å². The van der Waals surface area contributed by atoms with Crippen molar-refractivity contribution >= 4 is 11.6 Å². The average Bonchev–Trinajstić information content (AvgIpc) is 2.71. The number of hydrogen-bond acceptors (Lipinski definition) is 4. The summed E-state index contributed by atoms with van der Waals surface area (Å²) < 4.78 is 6.64. The van der Waals surface area contributed by atoms with Crippen molar-refractivity contribution in [3.63, 3.8) is 0 Å². The molecule has 0 radical (unpaired) electrons. The second-order valence-electron chi connectivity index (χ2n) is 3.62. The summed E-state index contributed by atoms with van der Waals surface area (Å²) in [5.41, 5.74) is -1.17. The molecule has 1 aliphatic rings. The van der Waals surface area contributed by atoms with Crippen LogP contribution in [0.15, 0.2) is 15.8 Å². The molecule has 16 heavy (non-hydrogen) atoms. The maximum absolute atomic E-state index is 11.5. The number of H-pyrrole nitrogens is 1. The molecule has 0 saturated carbocycles. The molecule has 0 amide bonds.